The van der Waals surface area contributed by atoms with Gasteiger partial charge in [-0.1, -0.05) is 19.8 Å². The SMILES string of the molecule is COc1cc2oc(-c3ccc(OCC[C@H](C)CCCC(C)(C)O)c(O)c3)c(O)c(=O)c2c(O)c1OC. The zero-order valence-electron chi connectivity index (χ0n) is 21.3. The summed E-state index contributed by atoms with van der Waals surface area (Å²) in [6.07, 6.45) is 3.40. The maximum Gasteiger partial charge on any atom is 0.238 e. The van der Waals surface area contributed by atoms with Crippen LogP contribution in [0, 0.1) is 5.92 Å². The van der Waals surface area contributed by atoms with E-state index >= 15 is 0 Å². The van der Waals surface area contributed by atoms with E-state index in [4.69, 9.17) is 18.6 Å². The number of aromatic hydroxyl groups is 3. The molecule has 0 saturated carbocycles. The molecule has 0 spiro atoms. The van der Waals surface area contributed by atoms with E-state index < -0.39 is 22.5 Å². The summed E-state index contributed by atoms with van der Waals surface area (Å²) in [5, 5.41) is 41.0. The molecule has 3 rings (SSSR count). The highest BCUT2D eigenvalue weighted by Gasteiger charge is 2.23. The van der Waals surface area contributed by atoms with Crippen LogP contribution in [0.4, 0.5) is 0 Å². The summed E-state index contributed by atoms with van der Waals surface area (Å²) in [5.41, 5.74) is -1.31. The molecule has 0 fully saturated rings. The number of fused-ring (bicyclic) bond motifs is 1. The molecule has 36 heavy (non-hydrogen) atoms. The number of rotatable bonds is 11. The Morgan fingerprint density at radius 1 is 1.00 bits per heavy atom. The molecule has 0 saturated heterocycles. The van der Waals surface area contributed by atoms with Crippen molar-refractivity contribution in [2.75, 3.05) is 20.8 Å². The van der Waals surface area contributed by atoms with Crippen LogP contribution in [0.3, 0.4) is 0 Å². The molecule has 1 atom stereocenters. The van der Waals surface area contributed by atoms with Gasteiger partial charge in [-0.2, -0.15) is 0 Å². The second-order valence-corrected chi connectivity index (χ2v) is 9.57. The van der Waals surface area contributed by atoms with E-state index in [9.17, 15) is 25.2 Å². The van der Waals surface area contributed by atoms with Gasteiger partial charge in [0, 0.05) is 11.6 Å². The van der Waals surface area contributed by atoms with E-state index in [0.717, 1.165) is 25.7 Å². The molecule has 1 aromatic heterocycles. The van der Waals surface area contributed by atoms with E-state index in [2.05, 4.69) is 6.92 Å². The fraction of sp³-hybridized carbons (Fsp3) is 0.444. The number of hydrogen-bond acceptors (Lipinski definition) is 9. The fourth-order valence-corrected chi connectivity index (χ4v) is 4.01. The molecule has 196 valence electrons. The summed E-state index contributed by atoms with van der Waals surface area (Å²) in [5.74, 6) is -0.862. The number of benzene rings is 2. The first kappa shape index (κ1) is 27.0. The highest BCUT2D eigenvalue weighted by Crippen LogP contribution is 2.44. The van der Waals surface area contributed by atoms with E-state index in [1.807, 2.05) is 0 Å². The summed E-state index contributed by atoms with van der Waals surface area (Å²) in [4.78, 5) is 12.8. The van der Waals surface area contributed by atoms with Crippen LogP contribution in [0.15, 0.2) is 33.5 Å². The van der Waals surface area contributed by atoms with Crippen molar-refractivity contribution < 1.29 is 39.1 Å². The minimum atomic E-state index is -0.858. The molecular weight excluding hydrogens is 468 g/mol. The van der Waals surface area contributed by atoms with Crippen molar-refractivity contribution in [3.63, 3.8) is 0 Å². The van der Waals surface area contributed by atoms with Gasteiger partial charge in [-0.3, -0.25) is 4.79 Å². The van der Waals surface area contributed by atoms with Gasteiger partial charge in [-0.05, 0) is 50.8 Å². The number of phenols is 2. The van der Waals surface area contributed by atoms with Gasteiger partial charge in [0.2, 0.25) is 16.9 Å². The number of methoxy groups -OCH3 is 2. The maximum absolute atomic E-state index is 12.8. The molecule has 9 nitrogen and oxygen atoms in total. The van der Waals surface area contributed by atoms with E-state index in [1.165, 1.54) is 32.4 Å². The first-order chi connectivity index (χ1) is 17.0. The minimum absolute atomic E-state index is 0.0265. The Labute approximate surface area is 209 Å². The maximum atomic E-state index is 12.8. The lowest BCUT2D eigenvalue weighted by Crippen LogP contribution is -2.18. The highest BCUT2D eigenvalue weighted by atomic mass is 16.5. The molecule has 0 bridgehead atoms. The second kappa shape index (κ2) is 11.0. The number of ether oxygens (including phenoxy) is 3. The first-order valence-electron chi connectivity index (χ1n) is 11.8. The molecular formula is C27H34O9. The predicted octanol–water partition coefficient (Wildman–Crippen LogP) is 4.94. The third kappa shape index (κ3) is 5.96. The Hall–Kier alpha value is -3.59. The molecule has 1 heterocycles. The lowest BCUT2D eigenvalue weighted by Gasteiger charge is -2.18. The van der Waals surface area contributed by atoms with Gasteiger partial charge in [-0.15, -0.1) is 0 Å². The normalized spacial score (nSPS) is 12.5. The minimum Gasteiger partial charge on any atom is -0.504 e. The van der Waals surface area contributed by atoms with Crippen LogP contribution in [-0.4, -0.2) is 46.9 Å². The Morgan fingerprint density at radius 2 is 1.72 bits per heavy atom. The number of aliphatic hydroxyl groups is 1. The van der Waals surface area contributed by atoms with Crippen molar-refractivity contribution in [2.45, 2.75) is 52.1 Å². The van der Waals surface area contributed by atoms with Crippen LogP contribution in [-0.2, 0) is 0 Å². The lowest BCUT2D eigenvalue weighted by molar-refractivity contribution is 0.0667. The van der Waals surface area contributed by atoms with Crippen molar-refractivity contribution in [3.05, 3.63) is 34.5 Å². The summed E-state index contributed by atoms with van der Waals surface area (Å²) < 4.78 is 21.7. The molecule has 2 aromatic carbocycles. The van der Waals surface area contributed by atoms with E-state index in [0.29, 0.717) is 12.5 Å². The molecule has 0 aliphatic carbocycles. The zero-order valence-corrected chi connectivity index (χ0v) is 21.3. The fourth-order valence-electron chi connectivity index (χ4n) is 4.01. The Bertz CT molecular complexity index is 1270. The average molecular weight is 503 g/mol. The van der Waals surface area contributed by atoms with Gasteiger partial charge in [0.1, 0.15) is 11.0 Å². The smallest absolute Gasteiger partial charge is 0.238 e. The van der Waals surface area contributed by atoms with Crippen molar-refractivity contribution in [1.29, 1.82) is 0 Å². The van der Waals surface area contributed by atoms with Crippen molar-refractivity contribution in [1.82, 2.24) is 0 Å². The molecule has 0 aliphatic heterocycles. The molecule has 0 amide bonds. The van der Waals surface area contributed by atoms with Crippen molar-refractivity contribution in [2.24, 2.45) is 5.92 Å². The molecule has 9 heteroatoms. The summed E-state index contributed by atoms with van der Waals surface area (Å²) in [6.45, 7) is 6.11. The van der Waals surface area contributed by atoms with Gasteiger partial charge >= 0.3 is 0 Å². The molecule has 3 aromatic rings. The van der Waals surface area contributed by atoms with Crippen molar-refractivity contribution in [3.8, 4) is 45.8 Å². The predicted molar refractivity (Wildman–Crippen MR) is 135 cm³/mol. The Morgan fingerprint density at radius 3 is 2.33 bits per heavy atom. The lowest BCUT2D eigenvalue weighted by atomic mass is 9.95. The average Bonchev–Trinajstić information content (AvgIpc) is 2.81. The number of hydrogen-bond donors (Lipinski definition) is 4. The third-order valence-corrected chi connectivity index (χ3v) is 6.05. The van der Waals surface area contributed by atoms with Crippen LogP contribution in [0.25, 0.3) is 22.3 Å². The third-order valence-electron chi connectivity index (χ3n) is 6.05. The monoisotopic (exact) mass is 502 g/mol. The molecule has 0 radical (unpaired) electrons. The van der Waals surface area contributed by atoms with Gasteiger partial charge in [0.05, 0.1) is 26.4 Å². The topological polar surface area (TPSA) is 139 Å². The van der Waals surface area contributed by atoms with Gasteiger partial charge in [0.25, 0.3) is 0 Å². The highest BCUT2D eigenvalue weighted by molar-refractivity contribution is 5.91. The molecule has 4 N–H and O–H groups in total. The van der Waals surface area contributed by atoms with Crippen LogP contribution in [0.5, 0.6) is 34.5 Å². The Kier molecular flexibility index (Phi) is 8.24. The van der Waals surface area contributed by atoms with Gasteiger partial charge in [-0.25, -0.2) is 0 Å². The van der Waals surface area contributed by atoms with Gasteiger partial charge in [0.15, 0.2) is 28.8 Å². The standard InChI is InChI=1S/C27H34O9/c1-15(7-6-11-27(2,3)32)10-12-35-18-9-8-16(13-17(18)28)25-24(31)22(29)21-19(36-25)14-20(33-4)26(34-5)23(21)30/h8-9,13-15,28,30-32H,6-7,10-12H2,1-5H3/t15-/m1/s1. The van der Waals surface area contributed by atoms with Crippen LogP contribution < -0.4 is 19.6 Å². The summed E-state index contributed by atoms with van der Waals surface area (Å²) >= 11 is 0. The summed E-state index contributed by atoms with van der Waals surface area (Å²) in [7, 11) is 2.68. The first-order valence-corrected chi connectivity index (χ1v) is 11.8. The zero-order chi connectivity index (χ0) is 26.6. The van der Waals surface area contributed by atoms with Crippen LogP contribution in [0.2, 0.25) is 0 Å². The van der Waals surface area contributed by atoms with Gasteiger partial charge < -0.3 is 39.1 Å². The quantitative estimate of drug-likeness (QED) is 0.287. The van der Waals surface area contributed by atoms with E-state index in [-0.39, 0.29) is 45.3 Å². The largest absolute Gasteiger partial charge is 0.504 e. The molecule has 0 unspecified atom stereocenters. The Balaban J connectivity index is 1.79. The van der Waals surface area contributed by atoms with Crippen LogP contribution >= 0.6 is 0 Å². The van der Waals surface area contributed by atoms with E-state index in [1.54, 1.807) is 19.9 Å². The number of phenolic OH excluding ortho intramolecular Hbond substituents is 2. The second-order valence-electron chi connectivity index (χ2n) is 9.57. The molecule has 0 aliphatic rings. The van der Waals surface area contributed by atoms with Crippen molar-refractivity contribution >= 4 is 11.0 Å². The van der Waals surface area contributed by atoms with Crippen LogP contribution in [0.1, 0.15) is 46.5 Å². The summed E-state index contributed by atoms with van der Waals surface area (Å²) in [6, 6.07) is 5.77.